The third-order valence-corrected chi connectivity index (χ3v) is 4.68. The Morgan fingerprint density at radius 2 is 2.10 bits per heavy atom. The Morgan fingerprint density at radius 1 is 1.24 bits per heavy atom. The standard InChI is InChI=1S/C17H17NO2S/c1-2-20-13-7-5-6-12(10-13)16-11-17(19)18-14-8-3-4-9-15(14)21-16/h3-10,16H,2,11H2,1H3,(H,18,19). The predicted octanol–water partition coefficient (Wildman–Crippen LogP) is 4.26. The Hall–Kier alpha value is -1.94. The van der Waals surface area contributed by atoms with Crippen molar-refractivity contribution >= 4 is 23.4 Å². The third kappa shape index (κ3) is 3.22. The van der Waals surface area contributed by atoms with Crippen LogP contribution >= 0.6 is 11.8 Å². The molecule has 4 heteroatoms. The number of thioether (sulfide) groups is 1. The maximum atomic E-state index is 12.1. The largest absolute Gasteiger partial charge is 0.494 e. The van der Waals surface area contributed by atoms with Crippen LogP contribution in [0, 0.1) is 0 Å². The van der Waals surface area contributed by atoms with Gasteiger partial charge < -0.3 is 10.1 Å². The summed E-state index contributed by atoms with van der Waals surface area (Å²) >= 11 is 1.72. The van der Waals surface area contributed by atoms with Crippen LogP contribution in [0.15, 0.2) is 53.4 Å². The molecule has 0 aliphatic carbocycles. The summed E-state index contributed by atoms with van der Waals surface area (Å²) in [6, 6.07) is 15.9. The Labute approximate surface area is 128 Å². The Kier molecular flexibility index (Phi) is 4.15. The highest BCUT2D eigenvalue weighted by molar-refractivity contribution is 7.99. The quantitative estimate of drug-likeness (QED) is 0.920. The number of fused-ring (bicyclic) bond motifs is 1. The lowest BCUT2D eigenvalue weighted by atomic mass is 10.1. The number of ether oxygens (including phenoxy) is 1. The van der Waals surface area contributed by atoms with Gasteiger partial charge in [0.05, 0.1) is 12.3 Å². The minimum absolute atomic E-state index is 0.0549. The maximum Gasteiger partial charge on any atom is 0.225 e. The first-order valence-corrected chi connectivity index (χ1v) is 7.92. The second-order valence-electron chi connectivity index (χ2n) is 4.86. The predicted molar refractivity (Wildman–Crippen MR) is 85.9 cm³/mol. The molecule has 108 valence electrons. The topological polar surface area (TPSA) is 38.3 Å². The first kappa shape index (κ1) is 14.0. The molecule has 0 bridgehead atoms. The van der Waals surface area contributed by atoms with E-state index in [9.17, 15) is 4.79 Å². The zero-order valence-corrected chi connectivity index (χ0v) is 12.7. The number of hydrogen-bond donors (Lipinski definition) is 1. The highest BCUT2D eigenvalue weighted by Gasteiger charge is 2.23. The van der Waals surface area contributed by atoms with Gasteiger partial charge in [0, 0.05) is 16.6 Å². The molecule has 1 unspecified atom stereocenters. The lowest BCUT2D eigenvalue weighted by molar-refractivity contribution is -0.116. The van der Waals surface area contributed by atoms with Gasteiger partial charge in [0.1, 0.15) is 5.75 Å². The number of amides is 1. The number of nitrogens with one attached hydrogen (secondary N) is 1. The molecular weight excluding hydrogens is 282 g/mol. The van der Waals surface area contributed by atoms with Crippen LogP contribution in [0.3, 0.4) is 0 Å². The van der Waals surface area contributed by atoms with Gasteiger partial charge in [-0.3, -0.25) is 4.79 Å². The molecule has 0 saturated heterocycles. The summed E-state index contributed by atoms with van der Waals surface area (Å²) < 4.78 is 5.56. The highest BCUT2D eigenvalue weighted by atomic mass is 32.2. The Morgan fingerprint density at radius 3 is 2.95 bits per heavy atom. The van der Waals surface area contributed by atoms with Crippen molar-refractivity contribution in [1.82, 2.24) is 0 Å². The van der Waals surface area contributed by atoms with Crippen LogP contribution in [0.2, 0.25) is 0 Å². The summed E-state index contributed by atoms with van der Waals surface area (Å²) in [4.78, 5) is 13.2. The number of para-hydroxylation sites is 1. The van der Waals surface area contributed by atoms with E-state index in [4.69, 9.17) is 4.74 Å². The number of hydrogen-bond acceptors (Lipinski definition) is 3. The van der Waals surface area contributed by atoms with Crippen LogP contribution in [0.1, 0.15) is 24.2 Å². The molecule has 1 N–H and O–H groups in total. The van der Waals surface area contributed by atoms with Gasteiger partial charge in [-0.15, -0.1) is 11.8 Å². The Bertz CT molecular complexity index is 657. The van der Waals surface area contributed by atoms with Crippen molar-refractivity contribution in [3.05, 3.63) is 54.1 Å². The first-order chi connectivity index (χ1) is 10.3. The molecule has 0 spiro atoms. The molecular formula is C17H17NO2S. The second-order valence-corrected chi connectivity index (χ2v) is 6.11. The van der Waals surface area contributed by atoms with E-state index >= 15 is 0 Å². The smallest absolute Gasteiger partial charge is 0.225 e. The maximum absolute atomic E-state index is 12.1. The van der Waals surface area contributed by atoms with E-state index in [1.54, 1.807) is 11.8 Å². The van der Waals surface area contributed by atoms with E-state index in [-0.39, 0.29) is 11.2 Å². The van der Waals surface area contributed by atoms with Crippen molar-refractivity contribution in [1.29, 1.82) is 0 Å². The lowest BCUT2D eigenvalue weighted by Crippen LogP contribution is -2.11. The van der Waals surface area contributed by atoms with E-state index in [0.717, 1.165) is 21.9 Å². The minimum atomic E-state index is 0.0549. The summed E-state index contributed by atoms with van der Waals surface area (Å²) in [5.41, 5.74) is 2.02. The molecule has 0 aromatic heterocycles. The minimum Gasteiger partial charge on any atom is -0.494 e. The average Bonchev–Trinajstić information content (AvgIpc) is 2.66. The van der Waals surface area contributed by atoms with Gasteiger partial charge in [-0.2, -0.15) is 0 Å². The monoisotopic (exact) mass is 299 g/mol. The van der Waals surface area contributed by atoms with Crippen LogP contribution in [0.25, 0.3) is 0 Å². The number of rotatable bonds is 3. The van der Waals surface area contributed by atoms with E-state index in [2.05, 4.69) is 11.4 Å². The molecule has 21 heavy (non-hydrogen) atoms. The van der Waals surface area contributed by atoms with Crippen LogP contribution < -0.4 is 10.1 Å². The van der Waals surface area contributed by atoms with Crippen LogP contribution in [0.5, 0.6) is 5.75 Å². The van der Waals surface area contributed by atoms with Crippen molar-refractivity contribution in [3.63, 3.8) is 0 Å². The van der Waals surface area contributed by atoms with Crippen molar-refractivity contribution < 1.29 is 9.53 Å². The molecule has 1 aliphatic rings. The van der Waals surface area contributed by atoms with E-state index in [0.29, 0.717) is 13.0 Å². The van der Waals surface area contributed by atoms with Gasteiger partial charge in [-0.05, 0) is 36.8 Å². The highest BCUT2D eigenvalue weighted by Crippen LogP contribution is 2.43. The molecule has 1 atom stereocenters. The zero-order chi connectivity index (χ0) is 14.7. The first-order valence-electron chi connectivity index (χ1n) is 7.04. The molecule has 3 rings (SSSR count). The SMILES string of the molecule is CCOc1cccc(C2CC(=O)Nc3ccccc3S2)c1. The van der Waals surface area contributed by atoms with Gasteiger partial charge >= 0.3 is 0 Å². The molecule has 0 fully saturated rings. The van der Waals surface area contributed by atoms with Crippen molar-refractivity contribution in [2.45, 2.75) is 23.5 Å². The summed E-state index contributed by atoms with van der Waals surface area (Å²) in [6.45, 7) is 2.61. The van der Waals surface area contributed by atoms with Gasteiger partial charge in [0.2, 0.25) is 5.91 Å². The van der Waals surface area contributed by atoms with Crippen molar-refractivity contribution in [3.8, 4) is 5.75 Å². The zero-order valence-electron chi connectivity index (χ0n) is 11.8. The van der Waals surface area contributed by atoms with E-state index < -0.39 is 0 Å². The molecule has 2 aromatic carbocycles. The van der Waals surface area contributed by atoms with Gasteiger partial charge in [-0.25, -0.2) is 0 Å². The van der Waals surface area contributed by atoms with Gasteiger partial charge in [0.25, 0.3) is 0 Å². The average molecular weight is 299 g/mol. The number of benzene rings is 2. The van der Waals surface area contributed by atoms with Crippen LogP contribution in [-0.4, -0.2) is 12.5 Å². The molecule has 3 nitrogen and oxygen atoms in total. The number of carbonyl (C=O) groups excluding carboxylic acids is 1. The van der Waals surface area contributed by atoms with Gasteiger partial charge in [-0.1, -0.05) is 24.3 Å². The summed E-state index contributed by atoms with van der Waals surface area (Å²) in [5, 5.41) is 3.08. The second kappa shape index (κ2) is 6.22. The number of carbonyl (C=O) groups is 1. The fourth-order valence-corrected chi connectivity index (χ4v) is 3.62. The van der Waals surface area contributed by atoms with Crippen LogP contribution in [0.4, 0.5) is 5.69 Å². The van der Waals surface area contributed by atoms with E-state index in [1.165, 1.54) is 0 Å². The molecule has 0 radical (unpaired) electrons. The molecule has 1 aliphatic heterocycles. The number of anilines is 1. The fraction of sp³-hybridized carbons (Fsp3) is 0.235. The molecule has 0 saturated carbocycles. The lowest BCUT2D eigenvalue weighted by Gasteiger charge is -2.14. The molecule has 2 aromatic rings. The Balaban J connectivity index is 1.91. The van der Waals surface area contributed by atoms with Crippen LogP contribution in [-0.2, 0) is 4.79 Å². The summed E-state index contributed by atoms with van der Waals surface area (Å²) in [6.07, 6.45) is 0.467. The van der Waals surface area contributed by atoms with Gasteiger partial charge in [0.15, 0.2) is 0 Å². The third-order valence-electron chi connectivity index (χ3n) is 3.34. The fourth-order valence-electron chi connectivity index (χ4n) is 2.39. The summed E-state index contributed by atoms with van der Waals surface area (Å²) in [5.74, 6) is 0.910. The molecule has 1 heterocycles. The van der Waals surface area contributed by atoms with Crippen molar-refractivity contribution in [2.24, 2.45) is 0 Å². The molecule has 1 amide bonds. The summed E-state index contributed by atoms with van der Waals surface area (Å²) in [7, 11) is 0. The van der Waals surface area contributed by atoms with Crippen molar-refractivity contribution in [2.75, 3.05) is 11.9 Å². The van der Waals surface area contributed by atoms with E-state index in [1.807, 2.05) is 49.4 Å². The normalized spacial score (nSPS) is 17.6.